The molecule has 0 fully saturated rings. The second-order valence-electron chi connectivity index (χ2n) is 4.46. The fraction of sp³-hybridized carbons (Fsp3) is 0. The first-order valence-corrected chi connectivity index (χ1v) is 6.03. The van der Waals surface area contributed by atoms with Crippen LogP contribution in [0.4, 0.5) is 0 Å². The number of nitrogens with zero attached hydrogens (tertiary/aromatic N) is 2. The Hall–Kier alpha value is -3.02. The summed E-state index contributed by atoms with van der Waals surface area (Å²) in [6.45, 7) is 0. The van der Waals surface area contributed by atoms with Crippen molar-refractivity contribution in [3.63, 3.8) is 0 Å². The summed E-state index contributed by atoms with van der Waals surface area (Å²) in [5.74, 6) is 0. The molecular formula is C14H8N4O2. The summed E-state index contributed by atoms with van der Waals surface area (Å²) in [5.41, 5.74) is 1.17. The van der Waals surface area contributed by atoms with Crippen molar-refractivity contribution >= 4 is 32.8 Å². The topological polar surface area (TPSA) is 91.5 Å². The molecule has 0 aliphatic rings. The van der Waals surface area contributed by atoms with Crippen molar-refractivity contribution in [3.05, 3.63) is 57.4 Å². The van der Waals surface area contributed by atoms with E-state index in [2.05, 4.69) is 19.9 Å². The maximum Gasteiger partial charge on any atom is 0.314 e. The summed E-state index contributed by atoms with van der Waals surface area (Å²) >= 11 is 0. The number of hydrogen-bond donors (Lipinski definition) is 2. The molecule has 3 aromatic heterocycles. The van der Waals surface area contributed by atoms with Gasteiger partial charge in [0, 0.05) is 23.2 Å². The second kappa shape index (κ2) is 3.74. The highest BCUT2D eigenvalue weighted by molar-refractivity contribution is 6.20. The first-order chi connectivity index (χ1) is 9.75. The van der Waals surface area contributed by atoms with Gasteiger partial charge in [0.25, 0.3) is 0 Å². The molecule has 0 spiro atoms. The lowest BCUT2D eigenvalue weighted by Crippen LogP contribution is -2.29. The minimum atomic E-state index is -0.675. The monoisotopic (exact) mass is 264 g/mol. The zero-order chi connectivity index (χ0) is 13.7. The Kier molecular flexibility index (Phi) is 2.03. The first-order valence-electron chi connectivity index (χ1n) is 6.03. The molecule has 20 heavy (non-hydrogen) atoms. The van der Waals surface area contributed by atoms with Crippen LogP contribution in [0.1, 0.15) is 0 Å². The lowest BCUT2D eigenvalue weighted by Gasteiger charge is -2.07. The number of nitrogens with one attached hydrogen (secondary N) is 2. The van der Waals surface area contributed by atoms with Crippen molar-refractivity contribution in [1.82, 2.24) is 19.9 Å². The Balaban J connectivity index is 2.49. The number of hydrogen-bond acceptors (Lipinski definition) is 4. The van der Waals surface area contributed by atoms with Gasteiger partial charge in [-0.3, -0.25) is 19.6 Å². The van der Waals surface area contributed by atoms with E-state index in [-0.39, 0.29) is 0 Å². The minimum Gasteiger partial charge on any atom is -0.315 e. The number of aromatic amines is 2. The largest absolute Gasteiger partial charge is 0.315 e. The van der Waals surface area contributed by atoms with E-state index in [4.69, 9.17) is 0 Å². The normalized spacial score (nSPS) is 11.4. The van der Waals surface area contributed by atoms with Crippen LogP contribution >= 0.6 is 0 Å². The number of H-pyrrole nitrogens is 2. The highest BCUT2D eigenvalue weighted by atomic mass is 16.2. The molecule has 96 valence electrons. The highest BCUT2D eigenvalue weighted by Gasteiger charge is 2.11. The van der Waals surface area contributed by atoms with Gasteiger partial charge in [-0.05, 0) is 24.3 Å². The molecule has 4 aromatic rings. The van der Waals surface area contributed by atoms with Crippen LogP contribution in [-0.4, -0.2) is 19.9 Å². The fourth-order valence-electron chi connectivity index (χ4n) is 2.46. The lowest BCUT2D eigenvalue weighted by atomic mass is 10.1. The molecule has 0 saturated heterocycles. The summed E-state index contributed by atoms with van der Waals surface area (Å²) in [6.07, 6.45) is 3.35. The highest BCUT2D eigenvalue weighted by Crippen LogP contribution is 2.28. The summed E-state index contributed by atoms with van der Waals surface area (Å²) in [7, 11) is 0. The number of rotatable bonds is 0. The van der Waals surface area contributed by atoms with Gasteiger partial charge < -0.3 is 9.97 Å². The fourth-order valence-corrected chi connectivity index (χ4v) is 2.46. The van der Waals surface area contributed by atoms with Crippen molar-refractivity contribution in [2.24, 2.45) is 0 Å². The van der Waals surface area contributed by atoms with E-state index in [0.717, 1.165) is 10.8 Å². The predicted octanol–water partition coefficient (Wildman–Crippen LogP) is 1.31. The summed E-state index contributed by atoms with van der Waals surface area (Å²) in [6, 6.07) is 7.24. The third-order valence-electron chi connectivity index (χ3n) is 3.31. The minimum absolute atomic E-state index is 0.568. The molecule has 0 aliphatic carbocycles. The van der Waals surface area contributed by atoms with Crippen molar-refractivity contribution in [2.75, 3.05) is 0 Å². The Morgan fingerprint density at radius 3 is 1.65 bits per heavy atom. The summed E-state index contributed by atoms with van der Waals surface area (Å²) in [5, 5.41) is 1.50. The van der Waals surface area contributed by atoms with E-state index in [9.17, 15) is 9.59 Å². The van der Waals surface area contributed by atoms with E-state index >= 15 is 0 Å². The molecule has 0 saturated carbocycles. The summed E-state index contributed by atoms with van der Waals surface area (Å²) < 4.78 is 0. The molecular weight excluding hydrogens is 256 g/mol. The molecule has 0 atom stereocenters. The number of pyridine rings is 2. The van der Waals surface area contributed by atoms with Crippen LogP contribution < -0.4 is 11.1 Å². The van der Waals surface area contributed by atoms with Crippen LogP contribution in [0.2, 0.25) is 0 Å². The molecule has 0 unspecified atom stereocenters. The molecule has 2 N–H and O–H groups in total. The van der Waals surface area contributed by atoms with Crippen LogP contribution in [0.25, 0.3) is 32.8 Å². The van der Waals surface area contributed by atoms with Crippen LogP contribution in [0.15, 0.2) is 46.2 Å². The van der Waals surface area contributed by atoms with E-state index in [1.165, 1.54) is 0 Å². The maximum absolute atomic E-state index is 11.6. The zero-order valence-electron chi connectivity index (χ0n) is 10.2. The maximum atomic E-state index is 11.6. The lowest BCUT2D eigenvalue weighted by molar-refractivity contribution is 1.15. The molecule has 0 amide bonds. The standard InChI is InChI=1S/C14H8N4O2/c19-13-14(20)18-12-8-4-2-6-16-10(8)9-7(11(12)17-13)3-1-5-15-9/h1-6H,(H,17,19)(H,18,20). The quantitative estimate of drug-likeness (QED) is 0.370. The van der Waals surface area contributed by atoms with Crippen LogP contribution in [0.5, 0.6) is 0 Å². The zero-order valence-corrected chi connectivity index (χ0v) is 10.2. The van der Waals surface area contributed by atoms with Gasteiger partial charge in [-0.2, -0.15) is 0 Å². The van der Waals surface area contributed by atoms with Gasteiger partial charge in [-0.25, -0.2) is 0 Å². The van der Waals surface area contributed by atoms with E-state index < -0.39 is 11.1 Å². The molecule has 0 bridgehead atoms. The van der Waals surface area contributed by atoms with Crippen molar-refractivity contribution in [1.29, 1.82) is 0 Å². The molecule has 4 rings (SSSR count). The first kappa shape index (κ1) is 10.9. The van der Waals surface area contributed by atoms with E-state index in [1.54, 1.807) is 24.5 Å². The van der Waals surface area contributed by atoms with Gasteiger partial charge in [0.15, 0.2) is 0 Å². The molecule has 0 aliphatic heterocycles. The van der Waals surface area contributed by atoms with Gasteiger partial charge in [-0.1, -0.05) is 0 Å². The van der Waals surface area contributed by atoms with Gasteiger partial charge in [0.2, 0.25) is 0 Å². The molecule has 6 heteroatoms. The van der Waals surface area contributed by atoms with Gasteiger partial charge in [0.05, 0.1) is 22.1 Å². The van der Waals surface area contributed by atoms with E-state index in [0.29, 0.717) is 22.1 Å². The Labute approximate surface area is 111 Å². The third kappa shape index (κ3) is 1.33. The molecule has 6 nitrogen and oxygen atoms in total. The SMILES string of the molecule is O=c1[nH]c2c3cccnc3c3ncccc3c2[nH]c1=O. The average Bonchev–Trinajstić information content (AvgIpc) is 2.49. The number of aromatic nitrogens is 4. The van der Waals surface area contributed by atoms with Crippen LogP contribution in [0.3, 0.4) is 0 Å². The Bertz CT molecular complexity index is 1010. The average molecular weight is 264 g/mol. The smallest absolute Gasteiger partial charge is 0.314 e. The van der Waals surface area contributed by atoms with Crippen LogP contribution in [0, 0.1) is 0 Å². The number of benzene rings is 1. The molecule has 3 heterocycles. The van der Waals surface area contributed by atoms with Crippen molar-refractivity contribution in [2.45, 2.75) is 0 Å². The van der Waals surface area contributed by atoms with Crippen LogP contribution in [-0.2, 0) is 0 Å². The molecule has 0 radical (unpaired) electrons. The Morgan fingerprint density at radius 1 is 0.750 bits per heavy atom. The van der Waals surface area contributed by atoms with Gasteiger partial charge >= 0.3 is 11.1 Å². The van der Waals surface area contributed by atoms with Crippen molar-refractivity contribution < 1.29 is 0 Å². The number of fused-ring (bicyclic) bond motifs is 6. The van der Waals surface area contributed by atoms with Gasteiger partial charge in [0.1, 0.15) is 0 Å². The second-order valence-corrected chi connectivity index (χ2v) is 4.46. The van der Waals surface area contributed by atoms with E-state index in [1.807, 2.05) is 12.1 Å². The summed E-state index contributed by atoms with van der Waals surface area (Å²) in [4.78, 5) is 37.1. The Morgan fingerprint density at radius 2 is 1.20 bits per heavy atom. The predicted molar refractivity (Wildman–Crippen MR) is 75.8 cm³/mol. The molecule has 1 aromatic carbocycles. The van der Waals surface area contributed by atoms with Crippen molar-refractivity contribution in [3.8, 4) is 0 Å². The third-order valence-corrected chi connectivity index (χ3v) is 3.31. The van der Waals surface area contributed by atoms with Gasteiger partial charge in [-0.15, -0.1) is 0 Å².